The third-order valence-corrected chi connectivity index (χ3v) is 5.51. The molecule has 2 N–H and O–H groups in total. The smallest absolute Gasteiger partial charge is 0.280 e. The van der Waals surface area contributed by atoms with Crippen LogP contribution in [0.15, 0.2) is 54.6 Å². The van der Waals surface area contributed by atoms with Crippen LogP contribution in [0.5, 0.6) is 0 Å². The molecule has 2 heterocycles. The van der Waals surface area contributed by atoms with E-state index in [-0.39, 0.29) is 21.0 Å². The first-order valence-electron chi connectivity index (χ1n) is 8.43. The topological polar surface area (TPSA) is 56.0 Å². The summed E-state index contributed by atoms with van der Waals surface area (Å²) >= 11 is 0.801. The number of nitrogen functional groups attached to an aromatic ring is 1. The number of aromatic nitrogens is 1. The van der Waals surface area contributed by atoms with Crippen molar-refractivity contribution in [2.45, 2.75) is 6.43 Å². The lowest BCUT2D eigenvalue weighted by atomic mass is 10.0. The predicted octanol–water partition coefficient (Wildman–Crippen LogP) is 5.99. The molecule has 4 aromatic rings. The number of benzene rings is 2. The molecule has 0 bridgehead atoms. The molecular weight excluding hydrogens is 404 g/mol. The lowest BCUT2D eigenvalue weighted by Crippen LogP contribution is -2.05. The largest absolute Gasteiger partial charge is 0.397 e. The second-order valence-electron chi connectivity index (χ2n) is 6.24. The van der Waals surface area contributed by atoms with Crippen LogP contribution in [-0.2, 0) is 0 Å². The van der Waals surface area contributed by atoms with Crippen LogP contribution in [-0.4, -0.2) is 10.8 Å². The number of fused-ring (bicyclic) bond motifs is 1. The SMILES string of the molecule is Nc1c(C(=O)c2ccc(F)cc2F)sc2nc(C(F)F)cc(-c3ccccc3)c12. The zero-order chi connectivity index (χ0) is 20.7. The highest BCUT2D eigenvalue weighted by atomic mass is 32.1. The highest BCUT2D eigenvalue weighted by Crippen LogP contribution is 2.41. The third-order valence-electron chi connectivity index (χ3n) is 4.41. The van der Waals surface area contributed by atoms with Gasteiger partial charge in [0.2, 0.25) is 5.78 Å². The average Bonchev–Trinajstić information content (AvgIpc) is 3.04. The molecule has 0 spiro atoms. The van der Waals surface area contributed by atoms with Crippen LogP contribution in [0.4, 0.5) is 23.2 Å². The Labute approximate surface area is 166 Å². The van der Waals surface area contributed by atoms with Gasteiger partial charge in [-0.25, -0.2) is 22.5 Å². The van der Waals surface area contributed by atoms with Crippen molar-refractivity contribution in [3.63, 3.8) is 0 Å². The molecule has 3 nitrogen and oxygen atoms in total. The summed E-state index contributed by atoms with van der Waals surface area (Å²) < 4.78 is 54.0. The first kappa shape index (κ1) is 19.1. The van der Waals surface area contributed by atoms with Crippen LogP contribution in [0, 0.1) is 11.6 Å². The maximum Gasteiger partial charge on any atom is 0.280 e. The summed E-state index contributed by atoms with van der Waals surface area (Å²) in [5, 5.41) is 0.344. The number of pyridine rings is 1. The van der Waals surface area contributed by atoms with Gasteiger partial charge in [-0.15, -0.1) is 11.3 Å². The van der Waals surface area contributed by atoms with Crippen LogP contribution in [0.1, 0.15) is 27.4 Å². The molecule has 29 heavy (non-hydrogen) atoms. The van der Waals surface area contributed by atoms with Crippen LogP contribution in [0.2, 0.25) is 0 Å². The molecule has 0 aliphatic carbocycles. The molecule has 0 saturated carbocycles. The fraction of sp³-hybridized carbons (Fsp3) is 0.0476. The number of hydrogen-bond acceptors (Lipinski definition) is 4. The first-order chi connectivity index (χ1) is 13.9. The lowest BCUT2D eigenvalue weighted by molar-refractivity contribution is 0.103. The van der Waals surface area contributed by atoms with Gasteiger partial charge in [-0.1, -0.05) is 30.3 Å². The standard InChI is InChI=1S/C21H12F4N2OS/c22-11-6-7-12(14(23)8-11)18(28)19-17(26)16-13(10-4-2-1-3-5-10)9-15(20(24)25)27-21(16)29-19/h1-9,20H,26H2. The van der Waals surface area contributed by atoms with Gasteiger partial charge in [0.05, 0.1) is 11.3 Å². The zero-order valence-corrected chi connectivity index (χ0v) is 15.4. The number of anilines is 1. The van der Waals surface area contributed by atoms with E-state index >= 15 is 0 Å². The second kappa shape index (κ2) is 7.29. The average molecular weight is 416 g/mol. The summed E-state index contributed by atoms with van der Waals surface area (Å²) in [6.07, 6.45) is -2.82. The molecule has 0 radical (unpaired) electrons. The fourth-order valence-electron chi connectivity index (χ4n) is 3.06. The van der Waals surface area contributed by atoms with Crippen molar-refractivity contribution in [1.29, 1.82) is 0 Å². The van der Waals surface area contributed by atoms with Gasteiger partial charge in [-0.2, -0.15) is 0 Å². The van der Waals surface area contributed by atoms with Gasteiger partial charge in [0, 0.05) is 11.5 Å². The van der Waals surface area contributed by atoms with E-state index in [2.05, 4.69) is 4.98 Å². The van der Waals surface area contributed by atoms with Crippen molar-refractivity contribution in [2.24, 2.45) is 0 Å². The predicted molar refractivity (Wildman–Crippen MR) is 104 cm³/mol. The summed E-state index contributed by atoms with van der Waals surface area (Å²) in [4.78, 5) is 16.9. The Kier molecular flexibility index (Phi) is 4.79. The minimum absolute atomic E-state index is 0.0193. The van der Waals surface area contributed by atoms with E-state index in [1.807, 2.05) is 0 Å². The molecule has 0 atom stereocenters. The number of thiophene rings is 1. The van der Waals surface area contributed by atoms with Gasteiger partial charge >= 0.3 is 0 Å². The Balaban J connectivity index is 1.96. The Morgan fingerprint density at radius 3 is 2.41 bits per heavy atom. The number of nitrogens with zero attached hydrogens (tertiary/aromatic N) is 1. The van der Waals surface area contributed by atoms with E-state index < -0.39 is 29.5 Å². The summed E-state index contributed by atoms with van der Waals surface area (Å²) in [7, 11) is 0. The van der Waals surface area contributed by atoms with Crippen LogP contribution in [0.25, 0.3) is 21.3 Å². The maximum absolute atomic E-state index is 14.1. The lowest BCUT2D eigenvalue weighted by Gasteiger charge is -2.08. The zero-order valence-electron chi connectivity index (χ0n) is 14.6. The van der Waals surface area contributed by atoms with E-state index in [1.165, 1.54) is 6.07 Å². The molecule has 0 fully saturated rings. The van der Waals surface area contributed by atoms with Crippen LogP contribution in [0.3, 0.4) is 0 Å². The molecule has 0 amide bonds. The maximum atomic E-state index is 14.1. The van der Waals surface area contributed by atoms with Gasteiger partial charge in [-0.3, -0.25) is 4.79 Å². The molecule has 2 aromatic heterocycles. The quantitative estimate of drug-likeness (QED) is 0.328. The third kappa shape index (κ3) is 3.36. The fourth-order valence-corrected chi connectivity index (χ4v) is 4.14. The Morgan fingerprint density at radius 2 is 1.76 bits per heavy atom. The van der Waals surface area contributed by atoms with Gasteiger partial charge in [0.15, 0.2) is 0 Å². The van der Waals surface area contributed by atoms with E-state index in [4.69, 9.17) is 5.73 Å². The first-order valence-corrected chi connectivity index (χ1v) is 9.24. The molecule has 8 heteroatoms. The molecule has 146 valence electrons. The van der Waals surface area contributed by atoms with Crippen LogP contribution < -0.4 is 5.73 Å². The number of carbonyl (C=O) groups is 1. The van der Waals surface area contributed by atoms with E-state index in [1.54, 1.807) is 30.3 Å². The summed E-state index contributed by atoms with van der Waals surface area (Å²) in [5.41, 5.74) is 6.42. The molecule has 0 saturated heterocycles. The second-order valence-corrected chi connectivity index (χ2v) is 7.24. The van der Waals surface area contributed by atoms with E-state index in [9.17, 15) is 22.4 Å². The van der Waals surface area contributed by atoms with E-state index in [0.717, 1.165) is 23.5 Å². The highest BCUT2D eigenvalue weighted by Gasteiger charge is 2.25. The molecular formula is C21H12F4N2OS. The summed E-state index contributed by atoms with van der Waals surface area (Å²) in [6, 6.07) is 12.5. The normalized spacial score (nSPS) is 11.3. The van der Waals surface area contributed by atoms with Crippen molar-refractivity contribution in [1.82, 2.24) is 4.98 Å². The van der Waals surface area contributed by atoms with Gasteiger partial charge in [-0.05, 0) is 29.3 Å². The van der Waals surface area contributed by atoms with E-state index in [0.29, 0.717) is 22.6 Å². The van der Waals surface area contributed by atoms with Crippen molar-refractivity contribution < 1.29 is 22.4 Å². The Bertz CT molecular complexity index is 1240. The summed E-state index contributed by atoms with van der Waals surface area (Å²) in [6.45, 7) is 0. The monoisotopic (exact) mass is 416 g/mol. The van der Waals surface area contributed by atoms with Crippen molar-refractivity contribution in [3.8, 4) is 11.1 Å². The number of carbonyl (C=O) groups excluding carboxylic acids is 1. The van der Waals surface area contributed by atoms with Crippen molar-refractivity contribution in [2.75, 3.05) is 5.73 Å². The Morgan fingerprint density at radius 1 is 1.03 bits per heavy atom. The summed E-state index contributed by atoms with van der Waals surface area (Å²) in [5.74, 6) is -2.62. The van der Waals surface area contributed by atoms with Crippen molar-refractivity contribution in [3.05, 3.63) is 82.4 Å². The minimum Gasteiger partial charge on any atom is -0.397 e. The van der Waals surface area contributed by atoms with Crippen molar-refractivity contribution >= 4 is 33.0 Å². The molecule has 2 aromatic carbocycles. The Hall–Kier alpha value is -3.26. The number of halogens is 4. The number of ketones is 1. The van der Waals surface area contributed by atoms with Gasteiger partial charge < -0.3 is 5.73 Å². The number of nitrogens with two attached hydrogens (primary N) is 1. The number of alkyl halides is 2. The molecule has 0 aliphatic heterocycles. The molecule has 0 unspecified atom stereocenters. The highest BCUT2D eigenvalue weighted by molar-refractivity contribution is 7.21. The molecule has 0 aliphatic rings. The molecule has 4 rings (SSSR count). The van der Waals surface area contributed by atoms with Crippen LogP contribution >= 0.6 is 11.3 Å². The number of rotatable bonds is 4. The number of hydrogen-bond donors (Lipinski definition) is 1. The van der Waals surface area contributed by atoms with Gasteiger partial charge in [0.1, 0.15) is 27.0 Å². The minimum atomic E-state index is -2.82. The van der Waals surface area contributed by atoms with Gasteiger partial charge in [0.25, 0.3) is 6.43 Å².